The number of nitrogens with zero attached hydrogens (tertiary/aromatic N) is 1. The molecule has 0 aliphatic carbocycles. The Morgan fingerprint density at radius 1 is 1.08 bits per heavy atom. The fourth-order valence-electron chi connectivity index (χ4n) is 3.28. The van der Waals surface area contributed by atoms with Gasteiger partial charge in [0.1, 0.15) is 0 Å². The van der Waals surface area contributed by atoms with Crippen LogP contribution in [0.1, 0.15) is 29.0 Å². The summed E-state index contributed by atoms with van der Waals surface area (Å²) in [7, 11) is 0. The Balaban J connectivity index is 1.76. The monoisotopic (exact) mass is 323 g/mol. The molecule has 3 rings (SSSR count). The zero-order valence-electron chi connectivity index (χ0n) is 13.4. The highest BCUT2D eigenvalue weighted by Gasteiger charge is 2.26. The molecule has 3 amide bonds. The number of rotatable bonds is 4. The number of amides is 3. The maximum Gasteiger partial charge on any atom is 0.318 e. The van der Waals surface area contributed by atoms with Crippen molar-refractivity contribution < 1.29 is 9.59 Å². The Bertz CT molecular complexity index is 730. The van der Waals surface area contributed by atoms with Gasteiger partial charge in [-0.05, 0) is 16.7 Å². The van der Waals surface area contributed by atoms with E-state index < -0.39 is 6.03 Å². The van der Waals surface area contributed by atoms with Gasteiger partial charge in [-0.15, -0.1) is 0 Å². The lowest BCUT2D eigenvalue weighted by Crippen LogP contribution is -2.39. The standard InChI is InChI=1S/C19H21N3O2/c20-19(24)21-18(23)10-11-22-12-15-8-4-5-9-16(15)17(13-22)14-6-2-1-3-7-14/h1-9,17H,10-13H2,(H3,20,21,23,24)/t17-/m0/s1. The van der Waals surface area contributed by atoms with Crippen LogP contribution in [-0.4, -0.2) is 29.9 Å². The molecule has 2 aromatic carbocycles. The highest BCUT2D eigenvalue weighted by molar-refractivity contribution is 5.93. The molecule has 1 atom stereocenters. The van der Waals surface area contributed by atoms with Gasteiger partial charge < -0.3 is 5.73 Å². The van der Waals surface area contributed by atoms with E-state index in [2.05, 4.69) is 52.7 Å². The molecule has 0 saturated carbocycles. The van der Waals surface area contributed by atoms with Crippen LogP contribution in [0, 0.1) is 0 Å². The summed E-state index contributed by atoms with van der Waals surface area (Å²) in [6.07, 6.45) is 0.257. The summed E-state index contributed by atoms with van der Waals surface area (Å²) >= 11 is 0. The number of hydrogen-bond donors (Lipinski definition) is 2. The molecule has 5 heteroatoms. The van der Waals surface area contributed by atoms with E-state index in [-0.39, 0.29) is 18.2 Å². The summed E-state index contributed by atoms with van der Waals surface area (Å²) < 4.78 is 0. The van der Waals surface area contributed by atoms with Gasteiger partial charge in [0.2, 0.25) is 5.91 Å². The molecular weight excluding hydrogens is 302 g/mol. The molecule has 0 bridgehead atoms. The topological polar surface area (TPSA) is 75.4 Å². The zero-order valence-corrected chi connectivity index (χ0v) is 13.4. The van der Waals surface area contributed by atoms with E-state index in [9.17, 15) is 9.59 Å². The number of nitrogens with two attached hydrogens (primary N) is 1. The Kier molecular flexibility index (Phi) is 4.91. The number of hydrogen-bond acceptors (Lipinski definition) is 3. The highest BCUT2D eigenvalue weighted by Crippen LogP contribution is 2.33. The summed E-state index contributed by atoms with van der Waals surface area (Å²) in [6, 6.07) is 18.1. The van der Waals surface area contributed by atoms with Gasteiger partial charge in [-0.2, -0.15) is 0 Å². The first-order chi connectivity index (χ1) is 11.6. The molecule has 0 radical (unpaired) electrons. The van der Waals surface area contributed by atoms with Gasteiger partial charge in [0.15, 0.2) is 0 Å². The minimum Gasteiger partial charge on any atom is -0.351 e. The predicted octanol–water partition coefficient (Wildman–Crippen LogP) is 2.22. The normalized spacial score (nSPS) is 17.1. The smallest absolute Gasteiger partial charge is 0.318 e. The number of benzene rings is 2. The van der Waals surface area contributed by atoms with Crippen molar-refractivity contribution in [2.24, 2.45) is 5.73 Å². The van der Waals surface area contributed by atoms with Gasteiger partial charge in [0.05, 0.1) is 0 Å². The third-order valence-electron chi connectivity index (χ3n) is 4.38. The molecule has 0 fully saturated rings. The largest absolute Gasteiger partial charge is 0.351 e. The molecular formula is C19H21N3O2. The van der Waals surface area contributed by atoms with E-state index in [0.29, 0.717) is 6.54 Å². The van der Waals surface area contributed by atoms with E-state index in [1.807, 2.05) is 12.1 Å². The van der Waals surface area contributed by atoms with Crippen molar-refractivity contribution >= 4 is 11.9 Å². The van der Waals surface area contributed by atoms with Crippen LogP contribution in [0.3, 0.4) is 0 Å². The molecule has 5 nitrogen and oxygen atoms in total. The number of carbonyl (C=O) groups is 2. The van der Waals surface area contributed by atoms with Crippen molar-refractivity contribution in [3.8, 4) is 0 Å². The van der Waals surface area contributed by atoms with Crippen molar-refractivity contribution in [1.82, 2.24) is 10.2 Å². The molecule has 3 N–H and O–H groups in total. The molecule has 0 aromatic heterocycles. The quantitative estimate of drug-likeness (QED) is 0.906. The van der Waals surface area contributed by atoms with Crippen molar-refractivity contribution in [1.29, 1.82) is 0 Å². The average Bonchev–Trinajstić information content (AvgIpc) is 2.59. The number of urea groups is 1. The van der Waals surface area contributed by atoms with E-state index in [4.69, 9.17) is 5.73 Å². The first-order valence-electron chi connectivity index (χ1n) is 8.08. The van der Waals surface area contributed by atoms with Crippen LogP contribution in [0.2, 0.25) is 0 Å². The Morgan fingerprint density at radius 2 is 1.79 bits per heavy atom. The van der Waals surface area contributed by atoms with Crippen LogP contribution in [0.15, 0.2) is 54.6 Å². The minimum atomic E-state index is -0.800. The van der Waals surface area contributed by atoms with Gasteiger partial charge in [-0.3, -0.25) is 15.0 Å². The fraction of sp³-hybridized carbons (Fsp3) is 0.263. The molecule has 124 valence electrons. The summed E-state index contributed by atoms with van der Waals surface area (Å²) in [5.74, 6) is -0.0482. The molecule has 0 unspecified atom stereocenters. The molecule has 1 aliphatic heterocycles. The molecule has 24 heavy (non-hydrogen) atoms. The zero-order chi connectivity index (χ0) is 16.9. The molecule has 0 saturated heterocycles. The van der Waals surface area contributed by atoms with E-state index >= 15 is 0 Å². The summed E-state index contributed by atoms with van der Waals surface area (Å²) in [5.41, 5.74) is 8.89. The molecule has 0 spiro atoms. The number of fused-ring (bicyclic) bond motifs is 1. The second kappa shape index (κ2) is 7.27. The summed E-state index contributed by atoms with van der Waals surface area (Å²) in [4.78, 5) is 24.6. The van der Waals surface area contributed by atoms with Crippen molar-refractivity contribution in [3.05, 3.63) is 71.3 Å². The highest BCUT2D eigenvalue weighted by atomic mass is 16.2. The van der Waals surface area contributed by atoms with E-state index in [0.717, 1.165) is 13.1 Å². The molecule has 1 heterocycles. The fourth-order valence-corrected chi connectivity index (χ4v) is 3.28. The van der Waals surface area contributed by atoms with Gasteiger partial charge in [0.25, 0.3) is 0 Å². The van der Waals surface area contributed by atoms with E-state index in [1.54, 1.807) is 0 Å². The third-order valence-corrected chi connectivity index (χ3v) is 4.38. The number of primary amides is 1. The van der Waals surface area contributed by atoms with Gasteiger partial charge in [-0.1, -0.05) is 54.6 Å². The van der Waals surface area contributed by atoms with Gasteiger partial charge >= 0.3 is 6.03 Å². The number of nitrogens with one attached hydrogen (secondary N) is 1. The van der Waals surface area contributed by atoms with Gasteiger partial charge in [0, 0.05) is 32.0 Å². The van der Waals surface area contributed by atoms with Crippen LogP contribution in [0.25, 0.3) is 0 Å². The lowest BCUT2D eigenvalue weighted by Gasteiger charge is -2.35. The van der Waals surface area contributed by atoms with Crippen molar-refractivity contribution in [2.45, 2.75) is 18.9 Å². The van der Waals surface area contributed by atoms with Gasteiger partial charge in [-0.25, -0.2) is 4.79 Å². The minimum absolute atomic E-state index is 0.257. The SMILES string of the molecule is NC(=O)NC(=O)CCN1Cc2ccccc2[C@H](c2ccccc2)C1. The lowest BCUT2D eigenvalue weighted by molar-refractivity contribution is -0.120. The second-order valence-electron chi connectivity index (χ2n) is 6.06. The summed E-state index contributed by atoms with van der Waals surface area (Å²) in [5, 5.41) is 2.12. The number of imide groups is 1. The van der Waals surface area contributed by atoms with Crippen LogP contribution in [-0.2, 0) is 11.3 Å². The summed E-state index contributed by atoms with van der Waals surface area (Å²) in [6.45, 7) is 2.25. The Hall–Kier alpha value is -2.66. The first-order valence-corrected chi connectivity index (χ1v) is 8.08. The Morgan fingerprint density at radius 3 is 2.54 bits per heavy atom. The predicted molar refractivity (Wildman–Crippen MR) is 92.3 cm³/mol. The molecule has 2 aromatic rings. The number of carbonyl (C=O) groups excluding carboxylic acids is 2. The molecule has 1 aliphatic rings. The van der Waals surface area contributed by atoms with Crippen LogP contribution in [0.5, 0.6) is 0 Å². The second-order valence-corrected chi connectivity index (χ2v) is 6.06. The van der Waals surface area contributed by atoms with E-state index in [1.165, 1.54) is 16.7 Å². The van der Waals surface area contributed by atoms with Crippen molar-refractivity contribution in [2.75, 3.05) is 13.1 Å². The van der Waals surface area contributed by atoms with Crippen LogP contribution < -0.4 is 11.1 Å². The maximum atomic E-state index is 11.7. The average molecular weight is 323 g/mol. The third kappa shape index (κ3) is 3.81. The van der Waals surface area contributed by atoms with Crippen LogP contribution >= 0.6 is 0 Å². The first kappa shape index (κ1) is 16.2. The van der Waals surface area contributed by atoms with Crippen molar-refractivity contribution in [3.63, 3.8) is 0 Å². The Labute approximate surface area is 141 Å². The van der Waals surface area contributed by atoms with Crippen LogP contribution in [0.4, 0.5) is 4.79 Å². The maximum absolute atomic E-state index is 11.7. The lowest BCUT2D eigenvalue weighted by atomic mass is 9.84.